The number of anilines is 1. The maximum atomic E-state index is 14.0. The number of sulfonamides is 1. The molecule has 0 spiro atoms. The van der Waals surface area contributed by atoms with E-state index in [1.807, 2.05) is 19.9 Å². The largest absolute Gasteiger partial charge is 0.352 e. The van der Waals surface area contributed by atoms with Crippen LogP contribution in [0, 0.1) is 19.7 Å². The molecule has 218 valence electrons. The lowest BCUT2D eigenvalue weighted by molar-refractivity contribution is -0.139. The average molecular weight is 580 g/mol. The number of nitrogens with one attached hydrogen (secondary N) is 1. The van der Waals surface area contributed by atoms with Crippen LogP contribution >= 0.6 is 0 Å². The van der Waals surface area contributed by atoms with Crippen LogP contribution in [0.1, 0.15) is 55.7 Å². The van der Waals surface area contributed by atoms with Crippen molar-refractivity contribution in [3.63, 3.8) is 0 Å². The molecule has 0 aliphatic heterocycles. The molecule has 1 aliphatic rings. The highest BCUT2D eigenvalue weighted by atomic mass is 32.2. The molecule has 0 aromatic heterocycles. The van der Waals surface area contributed by atoms with Gasteiger partial charge in [0.2, 0.25) is 11.8 Å². The molecule has 7 nitrogen and oxygen atoms in total. The fraction of sp³-hybridized carbons (Fsp3) is 0.375. The minimum atomic E-state index is -4.13. The molecule has 0 unspecified atom stereocenters. The van der Waals surface area contributed by atoms with E-state index in [0.29, 0.717) is 11.3 Å². The van der Waals surface area contributed by atoms with Crippen LogP contribution in [0.2, 0.25) is 0 Å². The van der Waals surface area contributed by atoms with Crippen LogP contribution in [-0.2, 0) is 26.2 Å². The van der Waals surface area contributed by atoms with Gasteiger partial charge in [-0.05, 0) is 86.7 Å². The number of aryl methyl sites for hydroxylation is 2. The van der Waals surface area contributed by atoms with E-state index in [0.717, 1.165) is 47.5 Å². The molecular formula is C32H38FN3O4S. The topological polar surface area (TPSA) is 86.8 Å². The third kappa shape index (κ3) is 7.73. The van der Waals surface area contributed by atoms with Gasteiger partial charge in [0.15, 0.2) is 0 Å². The first-order valence-corrected chi connectivity index (χ1v) is 15.5. The van der Waals surface area contributed by atoms with Crippen molar-refractivity contribution in [1.29, 1.82) is 0 Å². The number of benzene rings is 3. The molecule has 1 aliphatic carbocycles. The van der Waals surface area contributed by atoms with Crippen LogP contribution in [0.5, 0.6) is 0 Å². The summed E-state index contributed by atoms with van der Waals surface area (Å²) in [4.78, 5) is 28.9. The SMILES string of the molecule is Cc1cc(C)cc(N(CC(=O)N(Cc2ccc(F)cc2)[C@@H](C)C(=O)NC2CCCCC2)S(=O)(=O)c2ccccc2)c1. The molecule has 1 fully saturated rings. The van der Waals surface area contributed by atoms with Crippen LogP contribution in [0.25, 0.3) is 0 Å². The Bertz CT molecular complexity index is 1440. The Morgan fingerprint density at radius 1 is 0.927 bits per heavy atom. The van der Waals surface area contributed by atoms with Gasteiger partial charge in [-0.25, -0.2) is 12.8 Å². The Balaban J connectivity index is 1.68. The second kappa shape index (κ2) is 13.3. The number of carbonyl (C=O) groups is 2. The van der Waals surface area contributed by atoms with Crippen molar-refractivity contribution in [3.05, 3.63) is 95.3 Å². The van der Waals surface area contributed by atoms with E-state index >= 15 is 0 Å². The fourth-order valence-electron chi connectivity index (χ4n) is 5.28. The van der Waals surface area contributed by atoms with E-state index in [1.54, 1.807) is 49.4 Å². The maximum Gasteiger partial charge on any atom is 0.264 e. The van der Waals surface area contributed by atoms with Gasteiger partial charge in [0, 0.05) is 12.6 Å². The van der Waals surface area contributed by atoms with Gasteiger partial charge in [-0.1, -0.05) is 55.7 Å². The molecule has 41 heavy (non-hydrogen) atoms. The molecule has 1 atom stereocenters. The molecule has 3 aromatic carbocycles. The van der Waals surface area contributed by atoms with E-state index in [2.05, 4.69) is 5.32 Å². The predicted molar refractivity (Wildman–Crippen MR) is 158 cm³/mol. The Morgan fingerprint density at radius 2 is 1.54 bits per heavy atom. The van der Waals surface area contributed by atoms with Crippen molar-refractivity contribution in [2.24, 2.45) is 0 Å². The quantitative estimate of drug-likeness (QED) is 0.344. The van der Waals surface area contributed by atoms with Crippen molar-refractivity contribution >= 4 is 27.5 Å². The Kier molecular flexibility index (Phi) is 9.81. The minimum absolute atomic E-state index is 0.0183. The van der Waals surface area contributed by atoms with E-state index in [1.165, 1.54) is 29.2 Å². The van der Waals surface area contributed by atoms with E-state index < -0.39 is 34.3 Å². The Morgan fingerprint density at radius 3 is 2.15 bits per heavy atom. The Hall–Kier alpha value is -3.72. The van der Waals surface area contributed by atoms with Crippen LogP contribution in [0.15, 0.2) is 77.7 Å². The second-order valence-electron chi connectivity index (χ2n) is 10.8. The number of rotatable bonds is 10. The third-order valence-corrected chi connectivity index (χ3v) is 9.28. The number of hydrogen-bond acceptors (Lipinski definition) is 4. The van der Waals surface area contributed by atoms with Gasteiger partial charge in [-0.3, -0.25) is 13.9 Å². The molecule has 0 bridgehead atoms. The predicted octanol–water partition coefficient (Wildman–Crippen LogP) is 5.50. The molecule has 0 heterocycles. The first-order chi connectivity index (χ1) is 19.5. The van der Waals surface area contributed by atoms with Crippen molar-refractivity contribution in [3.8, 4) is 0 Å². The zero-order chi connectivity index (χ0) is 29.6. The lowest BCUT2D eigenvalue weighted by atomic mass is 9.95. The third-order valence-electron chi connectivity index (χ3n) is 7.49. The Labute approximate surface area is 242 Å². The number of hydrogen-bond donors (Lipinski definition) is 1. The summed E-state index contributed by atoms with van der Waals surface area (Å²) in [6.07, 6.45) is 5.00. The van der Waals surface area contributed by atoms with Gasteiger partial charge in [0.25, 0.3) is 10.0 Å². The summed E-state index contributed by atoms with van der Waals surface area (Å²) < 4.78 is 42.6. The highest BCUT2D eigenvalue weighted by Gasteiger charge is 2.33. The van der Waals surface area contributed by atoms with E-state index in [-0.39, 0.29) is 23.4 Å². The van der Waals surface area contributed by atoms with E-state index in [9.17, 15) is 22.4 Å². The van der Waals surface area contributed by atoms with Gasteiger partial charge >= 0.3 is 0 Å². The minimum Gasteiger partial charge on any atom is -0.352 e. The number of halogens is 1. The molecular weight excluding hydrogens is 541 g/mol. The van der Waals surface area contributed by atoms with Gasteiger partial charge in [-0.2, -0.15) is 0 Å². The van der Waals surface area contributed by atoms with Crippen LogP contribution in [-0.4, -0.2) is 43.8 Å². The van der Waals surface area contributed by atoms with E-state index in [4.69, 9.17) is 0 Å². The summed E-state index contributed by atoms with van der Waals surface area (Å²) in [5.41, 5.74) is 2.69. The summed E-state index contributed by atoms with van der Waals surface area (Å²) >= 11 is 0. The number of nitrogens with zero attached hydrogens (tertiary/aromatic N) is 2. The average Bonchev–Trinajstić information content (AvgIpc) is 2.95. The molecule has 0 radical (unpaired) electrons. The normalized spacial score (nSPS) is 14.7. The summed E-state index contributed by atoms with van der Waals surface area (Å²) in [5.74, 6) is -1.25. The molecule has 1 saturated carbocycles. The fourth-order valence-corrected chi connectivity index (χ4v) is 6.70. The first kappa shape index (κ1) is 30.2. The van der Waals surface area contributed by atoms with Crippen LogP contribution in [0.3, 0.4) is 0 Å². The smallest absolute Gasteiger partial charge is 0.264 e. The second-order valence-corrected chi connectivity index (χ2v) is 12.7. The lowest BCUT2D eigenvalue weighted by Gasteiger charge is -2.33. The van der Waals surface area contributed by atoms with Gasteiger partial charge < -0.3 is 10.2 Å². The van der Waals surface area contributed by atoms with Crippen molar-refractivity contribution < 1.29 is 22.4 Å². The monoisotopic (exact) mass is 579 g/mol. The summed E-state index contributed by atoms with van der Waals surface area (Å²) in [6, 6.07) is 18.2. The highest BCUT2D eigenvalue weighted by Crippen LogP contribution is 2.27. The van der Waals surface area contributed by atoms with Crippen molar-refractivity contribution in [1.82, 2.24) is 10.2 Å². The summed E-state index contributed by atoms with van der Waals surface area (Å²) in [5, 5.41) is 3.08. The number of carbonyl (C=O) groups excluding carboxylic acids is 2. The van der Waals surface area contributed by atoms with Crippen LogP contribution in [0.4, 0.5) is 10.1 Å². The zero-order valence-corrected chi connectivity index (χ0v) is 24.7. The van der Waals surface area contributed by atoms with Gasteiger partial charge in [-0.15, -0.1) is 0 Å². The summed E-state index contributed by atoms with van der Waals surface area (Å²) in [7, 11) is -4.13. The first-order valence-electron chi connectivity index (χ1n) is 14.0. The molecule has 4 rings (SSSR count). The molecule has 0 saturated heterocycles. The van der Waals surface area contributed by atoms with Crippen LogP contribution < -0.4 is 9.62 Å². The standard InChI is InChI=1S/C32H38FN3O4S/c1-23-18-24(2)20-29(19-23)36(41(39,40)30-12-8-5-9-13-30)22-31(37)35(21-26-14-16-27(33)17-15-26)25(3)32(38)34-28-10-6-4-7-11-28/h5,8-9,12-20,25,28H,4,6-7,10-11,21-22H2,1-3H3,(H,34,38)/t25-/m0/s1. The lowest BCUT2D eigenvalue weighted by Crippen LogP contribution is -2.53. The summed E-state index contributed by atoms with van der Waals surface area (Å²) in [6.45, 7) is 4.88. The van der Waals surface area contributed by atoms with Gasteiger partial charge in [0.1, 0.15) is 18.4 Å². The number of amides is 2. The van der Waals surface area contributed by atoms with Gasteiger partial charge in [0.05, 0.1) is 10.6 Å². The molecule has 3 aromatic rings. The highest BCUT2D eigenvalue weighted by molar-refractivity contribution is 7.92. The molecule has 1 N–H and O–H groups in total. The maximum absolute atomic E-state index is 14.0. The molecule has 2 amide bonds. The zero-order valence-electron chi connectivity index (χ0n) is 23.8. The molecule has 9 heteroatoms. The van der Waals surface area contributed by atoms with Crippen molar-refractivity contribution in [2.45, 2.75) is 76.4 Å². The van der Waals surface area contributed by atoms with Crippen molar-refractivity contribution in [2.75, 3.05) is 10.8 Å².